The molecule has 0 atom stereocenters. The lowest BCUT2D eigenvalue weighted by Gasteiger charge is -2.14. The quantitative estimate of drug-likeness (QED) is 0.650. The zero-order valence-corrected chi connectivity index (χ0v) is 16.7. The number of carbonyl (C=O) groups excluding carboxylic acids is 1. The highest BCUT2D eigenvalue weighted by Crippen LogP contribution is 2.35. The van der Waals surface area contributed by atoms with Crippen molar-refractivity contribution in [2.45, 2.75) is 26.2 Å². The molecule has 3 aromatic rings. The third-order valence-corrected chi connectivity index (χ3v) is 5.55. The van der Waals surface area contributed by atoms with Gasteiger partial charge in [0, 0.05) is 10.4 Å². The van der Waals surface area contributed by atoms with Crippen LogP contribution in [0.5, 0.6) is 11.5 Å². The predicted molar refractivity (Wildman–Crippen MR) is 107 cm³/mol. The van der Waals surface area contributed by atoms with E-state index < -0.39 is 0 Å². The average Bonchev–Trinajstić information content (AvgIpc) is 3.10. The molecule has 7 nitrogen and oxygen atoms in total. The van der Waals surface area contributed by atoms with Gasteiger partial charge in [0.15, 0.2) is 17.3 Å². The Labute approximate surface area is 161 Å². The summed E-state index contributed by atoms with van der Waals surface area (Å²) in [6.45, 7) is 6.45. The van der Waals surface area contributed by atoms with Crippen molar-refractivity contribution in [1.29, 1.82) is 0 Å². The van der Waals surface area contributed by atoms with Crippen LogP contribution < -0.4 is 20.3 Å². The standard InChI is InChI=1S/C19H22N4O3S/c1-19(2,3)15-9-12-16(27-15)17(21-10-20-12)22-23-18(24)11-6-7-13(25-4)14(8-11)26-5/h6-10H,1-5H3,(H,23,24)(H,20,21,22). The summed E-state index contributed by atoms with van der Waals surface area (Å²) in [7, 11) is 3.07. The number of nitrogens with zero attached hydrogens (tertiary/aromatic N) is 2. The zero-order valence-electron chi connectivity index (χ0n) is 15.9. The fourth-order valence-corrected chi connectivity index (χ4v) is 3.59. The van der Waals surface area contributed by atoms with E-state index in [0.29, 0.717) is 22.9 Å². The third kappa shape index (κ3) is 3.95. The van der Waals surface area contributed by atoms with Gasteiger partial charge < -0.3 is 9.47 Å². The number of benzene rings is 1. The van der Waals surface area contributed by atoms with Crippen molar-refractivity contribution < 1.29 is 14.3 Å². The van der Waals surface area contributed by atoms with Crippen molar-refractivity contribution in [1.82, 2.24) is 15.4 Å². The van der Waals surface area contributed by atoms with Crippen molar-refractivity contribution >= 4 is 33.3 Å². The Hall–Kier alpha value is -2.87. The summed E-state index contributed by atoms with van der Waals surface area (Å²) < 4.78 is 11.3. The smallest absolute Gasteiger partial charge is 0.269 e. The molecule has 2 aromatic heterocycles. The Kier molecular flexibility index (Phi) is 5.18. The van der Waals surface area contributed by atoms with Crippen LogP contribution >= 0.6 is 11.3 Å². The summed E-state index contributed by atoms with van der Waals surface area (Å²) in [4.78, 5) is 22.3. The molecule has 2 N–H and O–H groups in total. The summed E-state index contributed by atoms with van der Waals surface area (Å²) in [6, 6.07) is 7.03. The maximum Gasteiger partial charge on any atom is 0.269 e. The number of methoxy groups -OCH3 is 2. The van der Waals surface area contributed by atoms with Crippen LogP contribution in [0.3, 0.4) is 0 Å². The van der Waals surface area contributed by atoms with E-state index in [1.807, 2.05) is 0 Å². The molecular formula is C19H22N4O3S. The molecule has 0 aliphatic heterocycles. The summed E-state index contributed by atoms with van der Waals surface area (Å²) in [5.74, 6) is 1.31. The van der Waals surface area contributed by atoms with Crippen LogP contribution in [0.4, 0.5) is 5.82 Å². The maximum absolute atomic E-state index is 12.5. The first-order valence-corrected chi connectivity index (χ1v) is 9.18. The van der Waals surface area contributed by atoms with Crippen LogP contribution in [0, 0.1) is 0 Å². The van der Waals surface area contributed by atoms with E-state index in [1.165, 1.54) is 18.3 Å². The number of thiophene rings is 1. The van der Waals surface area contributed by atoms with Gasteiger partial charge in [0.2, 0.25) is 0 Å². The van der Waals surface area contributed by atoms with Crippen LogP contribution in [0.25, 0.3) is 10.2 Å². The van der Waals surface area contributed by atoms with Gasteiger partial charge in [-0.05, 0) is 29.7 Å². The molecule has 8 heteroatoms. The van der Waals surface area contributed by atoms with Crippen LogP contribution in [-0.2, 0) is 5.41 Å². The molecule has 0 spiro atoms. The Bertz CT molecular complexity index is 979. The lowest BCUT2D eigenvalue weighted by Crippen LogP contribution is -2.29. The molecular weight excluding hydrogens is 364 g/mol. The molecule has 0 saturated heterocycles. The van der Waals surface area contributed by atoms with Crippen molar-refractivity contribution in [2.75, 3.05) is 19.6 Å². The van der Waals surface area contributed by atoms with Crippen molar-refractivity contribution in [3.8, 4) is 11.5 Å². The zero-order chi connectivity index (χ0) is 19.6. The number of rotatable bonds is 5. The fourth-order valence-electron chi connectivity index (χ4n) is 2.48. The highest BCUT2D eigenvalue weighted by atomic mass is 32.1. The largest absolute Gasteiger partial charge is 0.493 e. The molecule has 0 aliphatic rings. The second-order valence-corrected chi connectivity index (χ2v) is 8.00. The summed E-state index contributed by atoms with van der Waals surface area (Å²) >= 11 is 1.61. The molecule has 1 amide bonds. The normalized spacial score (nSPS) is 11.3. The lowest BCUT2D eigenvalue weighted by molar-refractivity contribution is 0.0962. The van der Waals surface area contributed by atoms with Gasteiger partial charge in [-0.2, -0.15) is 0 Å². The minimum atomic E-state index is -0.310. The van der Waals surface area contributed by atoms with Crippen molar-refractivity contribution in [3.05, 3.63) is 41.0 Å². The van der Waals surface area contributed by atoms with Crippen LogP contribution in [-0.4, -0.2) is 30.1 Å². The summed E-state index contributed by atoms with van der Waals surface area (Å²) in [5, 5.41) is 0. The van der Waals surface area contributed by atoms with E-state index in [1.54, 1.807) is 36.6 Å². The first kappa shape index (κ1) is 18.9. The van der Waals surface area contributed by atoms with E-state index in [2.05, 4.69) is 47.7 Å². The Balaban J connectivity index is 1.80. The molecule has 0 bridgehead atoms. The van der Waals surface area contributed by atoms with E-state index in [0.717, 1.165) is 10.2 Å². The van der Waals surface area contributed by atoms with Gasteiger partial charge in [0.05, 0.1) is 24.4 Å². The van der Waals surface area contributed by atoms with Gasteiger partial charge in [-0.25, -0.2) is 9.97 Å². The molecule has 0 radical (unpaired) electrons. The van der Waals surface area contributed by atoms with Crippen LogP contribution in [0.15, 0.2) is 30.6 Å². The van der Waals surface area contributed by atoms with E-state index in [9.17, 15) is 4.79 Å². The van der Waals surface area contributed by atoms with E-state index >= 15 is 0 Å². The molecule has 0 saturated carbocycles. The number of hydrogen-bond acceptors (Lipinski definition) is 7. The van der Waals surface area contributed by atoms with Crippen molar-refractivity contribution in [2.24, 2.45) is 0 Å². The number of aromatic nitrogens is 2. The third-order valence-electron chi connectivity index (χ3n) is 3.99. The first-order valence-electron chi connectivity index (χ1n) is 8.37. The van der Waals surface area contributed by atoms with Gasteiger partial charge in [0.25, 0.3) is 5.91 Å². The number of ether oxygens (including phenoxy) is 2. The average molecular weight is 386 g/mol. The van der Waals surface area contributed by atoms with Gasteiger partial charge in [-0.1, -0.05) is 20.8 Å². The fraction of sp³-hybridized carbons (Fsp3) is 0.316. The molecule has 3 rings (SSSR count). The number of fused-ring (bicyclic) bond motifs is 1. The highest BCUT2D eigenvalue weighted by molar-refractivity contribution is 7.19. The number of nitrogens with one attached hydrogen (secondary N) is 2. The number of hydrogen-bond donors (Lipinski definition) is 2. The highest BCUT2D eigenvalue weighted by Gasteiger charge is 2.19. The van der Waals surface area contributed by atoms with Gasteiger partial charge >= 0.3 is 0 Å². The topological polar surface area (TPSA) is 85.4 Å². The lowest BCUT2D eigenvalue weighted by atomic mass is 9.95. The minimum absolute atomic E-state index is 0.0194. The molecule has 0 fully saturated rings. The Morgan fingerprint density at radius 2 is 1.81 bits per heavy atom. The maximum atomic E-state index is 12.5. The molecule has 1 aromatic carbocycles. The van der Waals surface area contributed by atoms with E-state index in [-0.39, 0.29) is 11.3 Å². The minimum Gasteiger partial charge on any atom is -0.493 e. The SMILES string of the molecule is COc1ccc(C(=O)NNc2ncnc3cc(C(C)(C)C)sc23)cc1OC. The van der Waals surface area contributed by atoms with Gasteiger partial charge in [0.1, 0.15) is 6.33 Å². The molecule has 0 unspecified atom stereocenters. The molecule has 0 aliphatic carbocycles. The summed E-state index contributed by atoms with van der Waals surface area (Å²) in [6.07, 6.45) is 1.48. The number of anilines is 1. The second kappa shape index (κ2) is 7.40. The van der Waals surface area contributed by atoms with Gasteiger partial charge in [-0.3, -0.25) is 15.6 Å². The molecule has 2 heterocycles. The van der Waals surface area contributed by atoms with Crippen molar-refractivity contribution in [3.63, 3.8) is 0 Å². The van der Waals surface area contributed by atoms with Crippen LogP contribution in [0.1, 0.15) is 36.0 Å². The molecule has 142 valence electrons. The second-order valence-electron chi connectivity index (χ2n) is 6.95. The predicted octanol–water partition coefficient (Wildman–Crippen LogP) is 3.76. The monoisotopic (exact) mass is 386 g/mol. The van der Waals surface area contributed by atoms with Gasteiger partial charge in [-0.15, -0.1) is 11.3 Å². The first-order chi connectivity index (χ1) is 12.8. The Morgan fingerprint density at radius 1 is 1.07 bits per heavy atom. The Morgan fingerprint density at radius 3 is 2.48 bits per heavy atom. The van der Waals surface area contributed by atoms with Crippen LogP contribution in [0.2, 0.25) is 0 Å². The number of carbonyl (C=O) groups is 1. The molecule has 27 heavy (non-hydrogen) atoms. The number of amides is 1. The number of hydrazine groups is 1. The summed E-state index contributed by atoms with van der Waals surface area (Å²) in [5.41, 5.74) is 6.89. The van der Waals surface area contributed by atoms with E-state index in [4.69, 9.17) is 9.47 Å².